The number of carbonyl (C=O) groups excluding carboxylic acids is 2. The molecule has 2 N–H and O–H groups in total. The normalized spacial score (nSPS) is 15.1. The van der Waals surface area contributed by atoms with E-state index in [1.165, 1.54) is 38.4 Å². The molecular weight excluding hydrogens is 362 g/mol. The number of hydrogen-bond acceptors (Lipinski definition) is 3. The van der Waals surface area contributed by atoms with Crippen LogP contribution in [0.15, 0.2) is 48.5 Å². The predicted molar refractivity (Wildman–Crippen MR) is 115 cm³/mol. The van der Waals surface area contributed by atoms with E-state index in [0.29, 0.717) is 6.54 Å². The SMILES string of the molecule is CC(=O)NC(CC(=O)NCc1ccc(CN2CCCC2)cc1)c1ccc(C)cc1. The van der Waals surface area contributed by atoms with Crippen LogP contribution in [0.4, 0.5) is 0 Å². The van der Waals surface area contributed by atoms with Crippen LogP contribution in [0.2, 0.25) is 0 Å². The van der Waals surface area contributed by atoms with Crippen molar-refractivity contribution in [3.63, 3.8) is 0 Å². The molecule has 1 saturated heterocycles. The smallest absolute Gasteiger partial charge is 0.222 e. The lowest BCUT2D eigenvalue weighted by molar-refractivity contribution is -0.122. The second kappa shape index (κ2) is 10.2. The monoisotopic (exact) mass is 393 g/mol. The minimum absolute atomic E-state index is 0.0783. The fourth-order valence-electron chi connectivity index (χ4n) is 3.72. The minimum Gasteiger partial charge on any atom is -0.352 e. The average molecular weight is 394 g/mol. The number of benzene rings is 2. The van der Waals surface area contributed by atoms with Crippen molar-refractivity contribution in [1.82, 2.24) is 15.5 Å². The number of amides is 2. The molecule has 154 valence electrons. The molecular formula is C24H31N3O2. The lowest BCUT2D eigenvalue weighted by atomic mass is 10.0. The van der Waals surface area contributed by atoms with E-state index < -0.39 is 0 Å². The Morgan fingerprint density at radius 2 is 1.59 bits per heavy atom. The summed E-state index contributed by atoms with van der Waals surface area (Å²) in [6.07, 6.45) is 2.81. The maximum atomic E-state index is 12.5. The zero-order valence-corrected chi connectivity index (χ0v) is 17.4. The molecule has 0 aliphatic carbocycles. The van der Waals surface area contributed by atoms with Crippen LogP contribution >= 0.6 is 0 Å². The van der Waals surface area contributed by atoms with E-state index in [0.717, 1.165) is 23.2 Å². The Balaban J connectivity index is 1.51. The highest BCUT2D eigenvalue weighted by Gasteiger charge is 2.17. The molecule has 1 aliphatic heterocycles. The third-order valence-electron chi connectivity index (χ3n) is 5.36. The molecule has 2 aromatic rings. The molecule has 1 atom stereocenters. The van der Waals surface area contributed by atoms with E-state index in [1.807, 2.05) is 31.2 Å². The number of aryl methyl sites for hydroxylation is 1. The molecule has 1 heterocycles. The van der Waals surface area contributed by atoms with Crippen molar-refractivity contribution < 1.29 is 9.59 Å². The van der Waals surface area contributed by atoms with Gasteiger partial charge in [-0.1, -0.05) is 54.1 Å². The van der Waals surface area contributed by atoms with Crippen LogP contribution in [0.25, 0.3) is 0 Å². The molecule has 29 heavy (non-hydrogen) atoms. The molecule has 5 nitrogen and oxygen atoms in total. The molecule has 2 aromatic carbocycles. The summed E-state index contributed by atoms with van der Waals surface area (Å²) in [5.41, 5.74) is 4.47. The van der Waals surface area contributed by atoms with Gasteiger partial charge in [-0.15, -0.1) is 0 Å². The maximum absolute atomic E-state index is 12.5. The second-order valence-corrected chi connectivity index (χ2v) is 7.94. The fraction of sp³-hybridized carbons (Fsp3) is 0.417. The molecule has 1 aliphatic rings. The number of likely N-dealkylation sites (tertiary alicyclic amines) is 1. The summed E-state index contributed by atoms with van der Waals surface area (Å²) >= 11 is 0. The Hall–Kier alpha value is -2.66. The first-order chi connectivity index (χ1) is 14.0. The fourth-order valence-corrected chi connectivity index (χ4v) is 3.72. The van der Waals surface area contributed by atoms with Gasteiger partial charge in [-0.3, -0.25) is 14.5 Å². The van der Waals surface area contributed by atoms with Crippen LogP contribution in [0.1, 0.15) is 54.5 Å². The zero-order valence-electron chi connectivity index (χ0n) is 17.4. The van der Waals surface area contributed by atoms with Crippen molar-refractivity contribution in [2.24, 2.45) is 0 Å². The van der Waals surface area contributed by atoms with Crippen molar-refractivity contribution >= 4 is 11.8 Å². The minimum atomic E-state index is -0.323. The van der Waals surface area contributed by atoms with Gasteiger partial charge in [0.05, 0.1) is 12.5 Å². The lowest BCUT2D eigenvalue weighted by Crippen LogP contribution is -2.32. The average Bonchev–Trinajstić information content (AvgIpc) is 3.20. The summed E-state index contributed by atoms with van der Waals surface area (Å²) < 4.78 is 0. The first-order valence-corrected chi connectivity index (χ1v) is 10.4. The third-order valence-corrected chi connectivity index (χ3v) is 5.36. The van der Waals surface area contributed by atoms with E-state index in [1.54, 1.807) is 0 Å². The van der Waals surface area contributed by atoms with E-state index in [-0.39, 0.29) is 24.3 Å². The number of hydrogen-bond donors (Lipinski definition) is 2. The van der Waals surface area contributed by atoms with Gasteiger partial charge in [-0.2, -0.15) is 0 Å². The zero-order chi connectivity index (χ0) is 20.6. The summed E-state index contributed by atoms with van der Waals surface area (Å²) in [6.45, 7) is 7.36. The van der Waals surface area contributed by atoms with Gasteiger partial charge in [0, 0.05) is 20.0 Å². The quantitative estimate of drug-likeness (QED) is 0.722. The number of carbonyl (C=O) groups is 2. The van der Waals surface area contributed by atoms with Gasteiger partial charge >= 0.3 is 0 Å². The standard InChI is InChI=1S/C24H31N3O2/c1-18-5-11-22(12-6-18)23(26-19(2)28)15-24(29)25-16-20-7-9-21(10-8-20)17-27-13-3-4-14-27/h5-12,23H,3-4,13-17H2,1-2H3,(H,25,29)(H,26,28). The van der Waals surface area contributed by atoms with Crippen molar-refractivity contribution in [2.75, 3.05) is 13.1 Å². The van der Waals surface area contributed by atoms with Crippen molar-refractivity contribution in [3.8, 4) is 0 Å². The first kappa shape index (κ1) is 21.1. The molecule has 0 aromatic heterocycles. The summed E-state index contributed by atoms with van der Waals surface area (Å²) in [7, 11) is 0. The van der Waals surface area contributed by atoms with Crippen LogP contribution in [0, 0.1) is 6.92 Å². The third kappa shape index (κ3) is 6.71. The topological polar surface area (TPSA) is 61.4 Å². The van der Waals surface area contributed by atoms with E-state index in [4.69, 9.17) is 0 Å². The first-order valence-electron chi connectivity index (χ1n) is 10.4. The van der Waals surface area contributed by atoms with Gasteiger partial charge < -0.3 is 10.6 Å². The van der Waals surface area contributed by atoms with Gasteiger partial charge in [0.15, 0.2) is 0 Å². The van der Waals surface area contributed by atoms with Gasteiger partial charge in [-0.25, -0.2) is 0 Å². The summed E-state index contributed by atoms with van der Waals surface area (Å²) in [4.78, 5) is 26.5. The summed E-state index contributed by atoms with van der Waals surface area (Å²) in [5, 5.41) is 5.86. The van der Waals surface area contributed by atoms with E-state index >= 15 is 0 Å². The molecule has 0 saturated carbocycles. The highest BCUT2D eigenvalue weighted by Crippen LogP contribution is 2.18. The number of nitrogens with one attached hydrogen (secondary N) is 2. The lowest BCUT2D eigenvalue weighted by Gasteiger charge is -2.18. The van der Waals surface area contributed by atoms with Crippen LogP contribution in [0.3, 0.4) is 0 Å². The van der Waals surface area contributed by atoms with Crippen LogP contribution in [-0.4, -0.2) is 29.8 Å². The van der Waals surface area contributed by atoms with E-state index in [2.05, 4.69) is 39.8 Å². The van der Waals surface area contributed by atoms with Crippen molar-refractivity contribution in [3.05, 3.63) is 70.8 Å². The van der Waals surface area contributed by atoms with Crippen LogP contribution in [0.5, 0.6) is 0 Å². The van der Waals surface area contributed by atoms with Crippen LogP contribution < -0.4 is 10.6 Å². The largest absolute Gasteiger partial charge is 0.352 e. The molecule has 3 rings (SSSR count). The Bertz CT molecular complexity index is 809. The predicted octanol–water partition coefficient (Wildman–Crippen LogP) is 3.47. The van der Waals surface area contributed by atoms with Crippen molar-refractivity contribution in [2.45, 2.75) is 52.2 Å². The molecule has 0 radical (unpaired) electrons. The Kier molecular flexibility index (Phi) is 7.42. The number of rotatable bonds is 8. The molecule has 2 amide bonds. The highest BCUT2D eigenvalue weighted by atomic mass is 16.2. The van der Waals surface area contributed by atoms with Crippen molar-refractivity contribution in [1.29, 1.82) is 0 Å². The number of nitrogens with zero attached hydrogens (tertiary/aromatic N) is 1. The highest BCUT2D eigenvalue weighted by molar-refractivity contribution is 5.79. The van der Waals surface area contributed by atoms with Gasteiger partial charge in [0.1, 0.15) is 0 Å². The van der Waals surface area contributed by atoms with Gasteiger partial charge in [0.2, 0.25) is 11.8 Å². The Labute approximate surface area is 173 Å². The summed E-state index contributed by atoms with van der Waals surface area (Å²) in [6, 6.07) is 16.0. The van der Waals surface area contributed by atoms with Crippen LogP contribution in [-0.2, 0) is 22.7 Å². The molecule has 1 fully saturated rings. The second-order valence-electron chi connectivity index (χ2n) is 7.94. The molecule has 1 unspecified atom stereocenters. The summed E-state index contributed by atoms with van der Waals surface area (Å²) in [5.74, 6) is -0.220. The molecule has 5 heteroatoms. The van der Waals surface area contributed by atoms with E-state index in [9.17, 15) is 9.59 Å². The van der Waals surface area contributed by atoms with Gasteiger partial charge in [-0.05, 0) is 49.5 Å². The Morgan fingerprint density at radius 1 is 0.966 bits per heavy atom. The maximum Gasteiger partial charge on any atom is 0.222 e. The molecule has 0 bridgehead atoms. The molecule has 0 spiro atoms. The Morgan fingerprint density at radius 3 is 2.21 bits per heavy atom. The van der Waals surface area contributed by atoms with Gasteiger partial charge in [0.25, 0.3) is 0 Å².